The Kier molecular flexibility index (Phi) is 7.72. The summed E-state index contributed by atoms with van der Waals surface area (Å²) < 4.78 is 33.0. The summed E-state index contributed by atoms with van der Waals surface area (Å²) in [5, 5.41) is 12.7. The summed E-state index contributed by atoms with van der Waals surface area (Å²) in [6.45, 7) is 9.78. The molecule has 0 aromatic rings. The van der Waals surface area contributed by atoms with Gasteiger partial charge >= 0.3 is 7.12 Å². The fourth-order valence-electron chi connectivity index (χ4n) is 1.86. The first-order valence-corrected chi connectivity index (χ1v) is 7.23. The van der Waals surface area contributed by atoms with Gasteiger partial charge in [-0.2, -0.15) is 0 Å². The minimum absolute atomic E-state index is 0.147. The van der Waals surface area contributed by atoms with Gasteiger partial charge in [-0.3, -0.25) is 5.32 Å². The van der Waals surface area contributed by atoms with E-state index in [0.717, 1.165) is 6.92 Å². The fourth-order valence-corrected chi connectivity index (χ4v) is 1.86. The largest absolute Gasteiger partial charge is 0.460 e. The zero-order chi connectivity index (χ0) is 17.0. The molecule has 0 aliphatic rings. The molecule has 21 heavy (non-hydrogen) atoms. The van der Waals surface area contributed by atoms with Gasteiger partial charge in [0.05, 0.1) is 12.2 Å². The number of alkyl halides is 2. The van der Waals surface area contributed by atoms with E-state index < -0.39 is 31.1 Å². The van der Waals surface area contributed by atoms with Crippen molar-refractivity contribution in [3.8, 4) is 0 Å². The number of hydrogen-bond donors (Lipinski definition) is 4. The van der Waals surface area contributed by atoms with Crippen molar-refractivity contribution >= 4 is 7.12 Å². The van der Waals surface area contributed by atoms with E-state index in [1.807, 2.05) is 20.8 Å². The van der Waals surface area contributed by atoms with Crippen molar-refractivity contribution < 1.29 is 18.5 Å². The minimum atomic E-state index is -3.09. The van der Waals surface area contributed by atoms with Gasteiger partial charge in [0.25, 0.3) is 5.92 Å². The van der Waals surface area contributed by atoms with Gasteiger partial charge in [0.1, 0.15) is 0 Å². The summed E-state index contributed by atoms with van der Waals surface area (Å²) in [6.07, 6.45) is -0.968. The molecular formula is C13H30BF2N3O2. The zero-order valence-electron chi connectivity index (χ0n) is 13.9. The van der Waals surface area contributed by atoms with Gasteiger partial charge in [-0.25, -0.2) is 8.78 Å². The minimum Gasteiger partial charge on any atom is -0.427 e. The molecule has 0 fully saturated rings. The van der Waals surface area contributed by atoms with E-state index in [0.29, 0.717) is 0 Å². The summed E-state index contributed by atoms with van der Waals surface area (Å²) in [6, 6.07) is -1.37. The van der Waals surface area contributed by atoms with Crippen LogP contribution >= 0.6 is 0 Å². The molecule has 0 saturated heterocycles. The predicted octanol–water partition coefficient (Wildman–Crippen LogP) is 1.17. The van der Waals surface area contributed by atoms with Gasteiger partial charge in [-0.1, -0.05) is 20.8 Å². The number of halogens is 2. The molecule has 0 bridgehead atoms. The molecule has 126 valence electrons. The summed E-state index contributed by atoms with van der Waals surface area (Å²) in [7, 11) is -1.40. The lowest BCUT2D eigenvalue weighted by Gasteiger charge is -2.36. The molecule has 0 amide bonds. The van der Waals surface area contributed by atoms with E-state index in [-0.39, 0.29) is 18.1 Å². The maximum atomic E-state index is 13.8. The summed E-state index contributed by atoms with van der Waals surface area (Å²) in [5.41, 5.74) is 10.9. The maximum absolute atomic E-state index is 13.8. The van der Waals surface area contributed by atoms with E-state index >= 15 is 0 Å². The first-order chi connectivity index (χ1) is 9.30. The van der Waals surface area contributed by atoms with Crippen LogP contribution in [0.25, 0.3) is 0 Å². The third-order valence-electron chi connectivity index (χ3n) is 3.62. The second-order valence-electron chi connectivity index (χ2n) is 6.82. The van der Waals surface area contributed by atoms with Crippen LogP contribution in [0.1, 0.15) is 41.5 Å². The summed E-state index contributed by atoms with van der Waals surface area (Å²) in [5.74, 6) is -4.06. The van der Waals surface area contributed by atoms with Crippen LogP contribution in [0.5, 0.6) is 0 Å². The lowest BCUT2D eigenvalue weighted by molar-refractivity contribution is -0.0288. The Morgan fingerprint density at radius 2 is 1.71 bits per heavy atom. The second-order valence-corrected chi connectivity index (χ2v) is 6.82. The Balaban J connectivity index is 5.07. The molecule has 6 N–H and O–H groups in total. The number of nitrogens with two attached hydrogens (primary N) is 2. The Bertz CT molecular complexity index is 309. The van der Waals surface area contributed by atoms with E-state index in [1.165, 1.54) is 0 Å². The van der Waals surface area contributed by atoms with Crippen LogP contribution < -0.4 is 16.8 Å². The van der Waals surface area contributed by atoms with Crippen LogP contribution in [-0.2, 0) is 4.65 Å². The van der Waals surface area contributed by atoms with Crippen molar-refractivity contribution in [2.45, 2.75) is 71.6 Å². The first-order valence-electron chi connectivity index (χ1n) is 7.23. The average Bonchev–Trinajstić information content (AvgIpc) is 2.25. The van der Waals surface area contributed by atoms with E-state index in [2.05, 4.69) is 5.32 Å². The topological polar surface area (TPSA) is 93.5 Å². The SMILES string of the molecule is C[C@H](OB(O)C(CN)C(N[C@@H](C)N)C(C)(F)F)C(C)(C)C. The standard InChI is InChI=1S/C13H30BF2N3O2/c1-8(12(3,4)5)21-14(20)10(7-17)11(13(6,15)16)19-9(2)18/h8-11,19-20H,7,17-18H2,1-6H3/t8-,9-,10?,11?/m0/s1. The molecule has 0 spiro atoms. The van der Waals surface area contributed by atoms with Crippen LogP contribution in [0.2, 0.25) is 5.82 Å². The molecule has 8 heteroatoms. The van der Waals surface area contributed by atoms with Gasteiger partial charge in [0, 0.05) is 18.8 Å². The Labute approximate surface area is 126 Å². The quantitative estimate of drug-likeness (QED) is 0.399. The number of nitrogens with one attached hydrogen (secondary N) is 1. The highest BCUT2D eigenvalue weighted by molar-refractivity contribution is 6.45. The van der Waals surface area contributed by atoms with Crippen molar-refractivity contribution in [1.82, 2.24) is 5.32 Å². The van der Waals surface area contributed by atoms with Gasteiger partial charge in [-0.05, 0) is 25.8 Å². The maximum Gasteiger partial charge on any atom is 0.460 e. The number of hydrogen-bond acceptors (Lipinski definition) is 5. The monoisotopic (exact) mass is 309 g/mol. The molecule has 4 atom stereocenters. The molecule has 0 radical (unpaired) electrons. The molecule has 5 nitrogen and oxygen atoms in total. The predicted molar refractivity (Wildman–Crippen MR) is 82.0 cm³/mol. The normalized spacial score (nSPS) is 19.0. The smallest absolute Gasteiger partial charge is 0.427 e. The molecule has 0 aromatic carbocycles. The van der Waals surface area contributed by atoms with E-state index in [1.54, 1.807) is 13.8 Å². The van der Waals surface area contributed by atoms with Crippen molar-refractivity contribution in [2.75, 3.05) is 6.54 Å². The lowest BCUT2D eigenvalue weighted by Crippen LogP contribution is -2.57. The molecule has 0 aromatic heterocycles. The highest BCUT2D eigenvalue weighted by Crippen LogP contribution is 2.30. The van der Waals surface area contributed by atoms with Crippen molar-refractivity contribution in [2.24, 2.45) is 16.9 Å². The van der Waals surface area contributed by atoms with Crippen LogP contribution in [-0.4, -0.2) is 42.9 Å². The van der Waals surface area contributed by atoms with Gasteiger partial charge in [-0.15, -0.1) is 0 Å². The molecule has 2 unspecified atom stereocenters. The van der Waals surface area contributed by atoms with E-state index in [4.69, 9.17) is 16.1 Å². The van der Waals surface area contributed by atoms with Gasteiger partial charge < -0.3 is 21.1 Å². The van der Waals surface area contributed by atoms with Crippen LogP contribution in [0, 0.1) is 5.41 Å². The molecule has 0 aliphatic heterocycles. The second kappa shape index (κ2) is 7.83. The van der Waals surface area contributed by atoms with Crippen LogP contribution in [0.15, 0.2) is 0 Å². The lowest BCUT2D eigenvalue weighted by atomic mass is 9.65. The Hall–Kier alpha value is -0.275. The van der Waals surface area contributed by atoms with Gasteiger partial charge in [0.2, 0.25) is 0 Å². The molecule has 0 aliphatic carbocycles. The van der Waals surface area contributed by atoms with Crippen molar-refractivity contribution in [1.29, 1.82) is 0 Å². The molecule has 0 saturated carbocycles. The third-order valence-corrected chi connectivity index (χ3v) is 3.62. The molecule has 0 rings (SSSR count). The third kappa shape index (κ3) is 7.01. The first kappa shape index (κ1) is 20.7. The average molecular weight is 309 g/mol. The zero-order valence-corrected chi connectivity index (χ0v) is 13.9. The van der Waals surface area contributed by atoms with E-state index in [9.17, 15) is 13.8 Å². The number of rotatable bonds is 8. The Morgan fingerprint density at radius 1 is 1.24 bits per heavy atom. The fraction of sp³-hybridized carbons (Fsp3) is 1.00. The van der Waals surface area contributed by atoms with Crippen LogP contribution in [0.3, 0.4) is 0 Å². The summed E-state index contributed by atoms with van der Waals surface area (Å²) in [4.78, 5) is 0. The summed E-state index contributed by atoms with van der Waals surface area (Å²) >= 11 is 0. The Morgan fingerprint density at radius 3 is 2.00 bits per heavy atom. The van der Waals surface area contributed by atoms with Gasteiger partial charge in [0.15, 0.2) is 0 Å². The molecular weight excluding hydrogens is 279 g/mol. The van der Waals surface area contributed by atoms with Crippen LogP contribution in [0.4, 0.5) is 8.78 Å². The highest BCUT2D eigenvalue weighted by Gasteiger charge is 2.46. The van der Waals surface area contributed by atoms with Crippen molar-refractivity contribution in [3.05, 3.63) is 0 Å². The highest BCUT2D eigenvalue weighted by atomic mass is 19.3. The van der Waals surface area contributed by atoms with Crippen molar-refractivity contribution in [3.63, 3.8) is 0 Å². The molecule has 0 heterocycles.